The average Bonchev–Trinajstić information content (AvgIpc) is 2.68. The summed E-state index contributed by atoms with van der Waals surface area (Å²) in [7, 11) is 3.99. The molecular weight excluding hydrogens is 360 g/mol. The second-order valence-electron chi connectivity index (χ2n) is 6.27. The molecule has 2 N–H and O–H groups in total. The third kappa shape index (κ3) is 4.99. The SMILES string of the molecule is CN(C)c1ccc(Nc2cc(C(=O)NCc3ccccc3Cl)ccn2)cc1. The number of nitrogens with zero attached hydrogens (tertiary/aromatic N) is 2. The second-order valence-corrected chi connectivity index (χ2v) is 6.68. The number of carbonyl (C=O) groups excluding carboxylic acids is 1. The maximum absolute atomic E-state index is 12.4. The fourth-order valence-electron chi connectivity index (χ4n) is 2.55. The van der Waals surface area contributed by atoms with Gasteiger partial charge in [-0.1, -0.05) is 29.8 Å². The molecule has 1 aromatic heterocycles. The van der Waals surface area contributed by atoms with Gasteiger partial charge in [0.25, 0.3) is 5.91 Å². The van der Waals surface area contributed by atoms with Crippen LogP contribution in [0.1, 0.15) is 15.9 Å². The second kappa shape index (κ2) is 8.56. The van der Waals surface area contributed by atoms with Crippen LogP contribution in [0.2, 0.25) is 5.02 Å². The molecule has 0 saturated carbocycles. The summed E-state index contributed by atoms with van der Waals surface area (Å²) in [5.74, 6) is 0.432. The molecule has 3 rings (SSSR count). The number of hydrogen-bond donors (Lipinski definition) is 2. The topological polar surface area (TPSA) is 57.3 Å². The van der Waals surface area contributed by atoms with E-state index in [1.54, 1.807) is 24.4 Å². The van der Waals surface area contributed by atoms with Gasteiger partial charge in [-0.15, -0.1) is 0 Å². The lowest BCUT2D eigenvalue weighted by Crippen LogP contribution is -2.23. The lowest BCUT2D eigenvalue weighted by molar-refractivity contribution is 0.0951. The maximum Gasteiger partial charge on any atom is 0.251 e. The highest BCUT2D eigenvalue weighted by atomic mass is 35.5. The molecule has 0 fully saturated rings. The molecule has 0 atom stereocenters. The van der Waals surface area contributed by atoms with Crippen LogP contribution in [0.25, 0.3) is 0 Å². The quantitative estimate of drug-likeness (QED) is 0.662. The molecule has 0 aliphatic heterocycles. The van der Waals surface area contributed by atoms with Gasteiger partial charge in [0.15, 0.2) is 0 Å². The zero-order valence-corrected chi connectivity index (χ0v) is 16.0. The van der Waals surface area contributed by atoms with Crippen LogP contribution in [0.5, 0.6) is 0 Å². The molecule has 0 unspecified atom stereocenters. The monoisotopic (exact) mass is 380 g/mol. The Morgan fingerprint density at radius 1 is 1.07 bits per heavy atom. The number of aromatic nitrogens is 1. The largest absolute Gasteiger partial charge is 0.378 e. The van der Waals surface area contributed by atoms with Gasteiger partial charge in [0, 0.05) is 48.8 Å². The average molecular weight is 381 g/mol. The van der Waals surface area contributed by atoms with Crippen LogP contribution >= 0.6 is 11.6 Å². The molecule has 0 saturated heterocycles. The third-order valence-electron chi connectivity index (χ3n) is 4.08. The van der Waals surface area contributed by atoms with Crippen LogP contribution in [0, 0.1) is 0 Å². The molecule has 6 heteroatoms. The molecule has 1 amide bonds. The molecule has 0 spiro atoms. The van der Waals surface area contributed by atoms with E-state index in [2.05, 4.69) is 15.6 Å². The van der Waals surface area contributed by atoms with Gasteiger partial charge in [-0.2, -0.15) is 0 Å². The normalized spacial score (nSPS) is 10.3. The molecule has 0 aliphatic rings. The van der Waals surface area contributed by atoms with Crippen LogP contribution in [-0.2, 0) is 6.54 Å². The van der Waals surface area contributed by atoms with Gasteiger partial charge in [0.1, 0.15) is 5.82 Å². The Labute approximate surface area is 164 Å². The van der Waals surface area contributed by atoms with Crippen molar-refractivity contribution in [1.29, 1.82) is 0 Å². The number of carbonyl (C=O) groups is 1. The van der Waals surface area contributed by atoms with E-state index in [-0.39, 0.29) is 5.91 Å². The van der Waals surface area contributed by atoms with Gasteiger partial charge in [-0.05, 0) is 48.0 Å². The molecule has 0 radical (unpaired) electrons. The van der Waals surface area contributed by atoms with E-state index in [0.717, 1.165) is 16.9 Å². The summed E-state index contributed by atoms with van der Waals surface area (Å²) in [6, 6.07) is 18.8. The summed E-state index contributed by atoms with van der Waals surface area (Å²) in [5, 5.41) is 6.74. The molecule has 0 bridgehead atoms. The van der Waals surface area contributed by atoms with Crippen LogP contribution in [0.4, 0.5) is 17.2 Å². The Morgan fingerprint density at radius 2 is 1.81 bits per heavy atom. The van der Waals surface area contributed by atoms with Gasteiger partial charge in [0.05, 0.1) is 0 Å². The highest BCUT2D eigenvalue weighted by Crippen LogP contribution is 2.20. The van der Waals surface area contributed by atoms with E-state index in [9.17, 15) is 4.79 Å². The van der Waals surface area contributed by atoms with E-state index < -0.39 is 0 Å². The highest BCUT2D eigenvalue weighted by molar-refractivity contribution is 6.31. The van der Waals surface area contributed by atoms with Crippen molar-refractivity contribution in [3.63, 3.8) is 0 Å². The molecule has 27 heavy (non-hydrogen) atoms. The van der Waals surface area contributed by atoms with E-state index in [4.69, 9.17) is 11.6 Å². The Hall–Kier alpha value is -3.05. The number of halogens is 1. The fourth-order valence-corrected chi connectivity index (χ4v) is 2.75. The van der Waals surface area contributed by atoms with Crippen molar-refractivity contribution < 1.29 is 4.79 Å². The standard InChI is InChI=1S/C21H21ClN4O/c1-26(2)18-9-7-17(8-10-18)25-20-13-15(11-12-23-20)21(27)24-14-16-5-3-4-6-19(16)22/h3-13H,14H2,1-2H3,(H,23,25)(H,24,27). The minimum absolute atomic E-state index is 0.177. The third-order valence-corrected chi connectivity index (χ3v) is 4.44. The fraction of sp³-hybridized carbons (Fsp3) is 0.143. The highest BCUT2D eigenvalue weighted by Gasteiger charge is 2.08. The smallest absolute Gasteiger partial charge is 0.251 e. The first kappa shape index (κ1) is 18.7. The molecule has 3 aromatic rings. The Balaban J connectivity index is 1.65. The number of amides is 1. The predicted molar refractivity (Wildman–Crippen MR) is 111 cm³/mol. The predicted octanol–water partition coefficient (Wildman–Crippen LogP) is 4.47. The van der Waals surface area contributed by atoms with Crippen LogP contribution in [0.3, 0.4) is 0 Å². The van der Waals surface area contributed by atoms with Crippen molar-refractivity contribution in [2.75, 3.05) is 24.3 Å². The van der Waals surface area contributed by atoms with Crippen LogP contribution in [0.15, 0.2) is 66.9 Å². The molecular formula is C21H21ClN4O. The van der Waals surface area contributed by atoms with Crippen molar-refractivity contribution in [3.05, 3.63) is 83.0 Å². The van der Waals surface area contributed by atoms with Gasteiger partial charge in [-0.3, -0.25) is 4.79 Å². The first-order chi connectivity index (χ1) is 13.0. The Morgan fingerprint density at radius 3 is 2.52 bits per heavy atom. The van der Waals surface area contributed by atoms with Crippen molar-refractivity contribution in [3.8, 4) is 0 Å². The summed E-state index contributed by atoms with van der Waals surface area (Å²) in [4.78, 5) is 18.8. The van der Waals surface area contributed by atoms with E-state index in [1.807, 2.05) is 61.5 Å². The number of anilines is 3. The first-order valence-electron chi connectivity index (χ1n) is 8.55. The van der Waals surface area contributed by atoms with Crippen LogP contribution < -0.4 is 15.5 Å². The minimum Gasteiger partial charge on any atom is -0.378 e. The Kier molecular flexibility index (Phi) is 5.94. The van der Waals surface area contributed by atoms with Crippen molar-refractivity contribution >= 4 is 34.7 Å². The van der Waals surface area contributed by atoms with E-state index in [1.165, 1.54) is 0 Å². The summed E-state index contributed by atoms with van der Waals surface area (Å²) in [6.45, 7) is 0.371. The molecule has 1 heterocycles. The van der Waals surface area contributed by atoms with Gasteiger partial charge >= 0.3 is 0 Å². The lowest BCUT2D eigenvalue weighted by Gasteiger charge is -2.13. The van der Waals surface area contributed by atoms with Crippen LogP contribution in [-0.4, -0.2) is 25.0 Å². The number of rotatable bonds is 6. The minimum atomic E-state index is -0.177. The van der Waals surface area contributed by atoms with E-state index in [0.29, 0.717) is 22.9 Å². The molecule has 2 aromatic carbocycles. The van der Waals surface area contributed by atoms with E-state index >= 15 is 0 Å². The summed E-state index contributed by atoms with van der Waals surface area (Å²) < 4.78 is 0. The van der Waals surface area contributed by atoms with Gasteiger partial charge in [0.2, 0.25) is 0 Å². The number of nitrogens with one attached hydrogen (secondary N) is 2. The zero-order valence-electron chi connectivity index (χ0n) is 15.2. The number of pyridine rings is 1. The maximum atomic E-state index is 12.4. The summed E-state index contributed by atoms with van der Waals surface area (Å²) >= 11 is 6.13. The Bertz CT molecular complexity index is 925. The number of hydrogen-bond acceptors (Lipinski definition) is 4. The summed E-state index contributed by atoms with van der Waals surface area (Å²) in [5.41, 5.74) is 3.42. The molecule has 0 aliphatic carbocycles. The lowest BCUT2D eigenvalue weighted by atomic mass is 10.2. The first-order valence-corrected chi connectivity index (χ1v) is 8.93. The van der Waals surface area contributed by atoms with Crippen molar-refractivity contribution in [1.82, 2.24) is 10.3 Å². The van der Waals surface area contributed by atoms with Crippen molar-refractivity contribution in [2.24, 2.45) is 0 Å². The zero-order chi connectivity index (χ0) is 19.2. The summed E-state index contributed by atoms with van der Waals surface area (Å²) in [6.07, 6.45) is 1.61. The van der Waals surface area contributed by atoms with Crippen molar-refractivity contribution in [2.45, 2.75) is 6.54 Å². The number of benzene rings is 2. The van der Waals surface area contributed by atoms with Gasteiger partial charge in [-0.25, -0.2) is 4.98 Å². The molecule has 5 nitrogen and oxygen atoms in total. The molecule has 138 valence electrons. The van der Waals surface area contributed by atoms with Gasteiger partial charge < -0.3 is 15.5 Å².